The predicted molar refractivity (Wildman–Crippen MR) is 139 cm³/mol. The molecule has 0 saturated carbocycles. The van der Waals surface area contributed by atoms with Gasteiger partial charge in [-0.2, -0.15) is 0 Å². The molecule has 0 radical (unpaired) electrons. The average molecular weight is 492 g/mol. The van der Waals surface area contributed by atoms with E-state index in [1.54, 1.807) is 30.3 Å². The van der Waals surface area contributed by atoms with Gasteiger partial charge in [0.05, 0.1) is 6.04 Å². The van der Waals surface area contributed by atoms with E-state index in [2.05, 4.69) is 25.2 Å². The van der Waals surface area contributed by atoms with Crippen molar-refractivity contribution in [3.8, 4) is 5.75 Å². The number of nitrogens with one attached hydrogen (secondary N) is 1. The van der Waals surface area contributed by atoms with E-state index in [0.29, 0.717) is 22.6 Å². The molecule has 3 rings (SSSR count). The number of rotatable bonds is 11. The number of carboxylic acids is 1. The topological polar surface area (TPSA) is 75.6 Å². The molecule has 0 heterocycles. The summed E-state index contributed by atoms with van der Waals surface area (Å²) in [7, 11) is 0. The lowest BCUT2D eigenvalue weighted by atomic mass is 9.94. The van der Waals surface area contributed by atoms with Gasteiger partial charge < -0.3 is 15.2 Å². The highest BCUT2D eigenvalue weighted by atomic mass is 19.1. The monoisotopic (exact) mass is 491 g/mol. The van der Waals surface area contributed by atoms with E-state index < -0.39 is 11.8 Å². The maximum absolute atomic E-state index is 14.1. The zero-order valence-electron chi connectivity index (χ0n) is 21.3. The Morgan fingerprint density at radius 1 is 1.00 bits per heavy atom. The van der Waals surface area contributed by atoms with E-state index in [9.17, 15) is 19.1 Å². The van der Waals surface area contributed by atoms with E-state index in [-0.39, 0.29) is 37.1 Å². The Hall–Kier alpha value is -3.67. The van der Waals surface area contributed by atoms with Crippen molar-refractivity contribution in [2.24, 2.45) is 5.92 Å². The third-order valence-corrected chi connectivity index (χ3v) is 5.97. The van der Waals surface area contributed by atoms with Crippen LogP contribution in [0.2, 0.25) is 0 Å². The van der Waals surface area contributed by atoms with Gasteiger partial charge in [-0.15, -0.1) is 0 Å². The molecule has 0 aliphatic carbocycles. The first-order valence-electron chi connectivity index (χ1n) is 12.2. The summed E-state index contributed by atoms with van der Waals surface area (Å²) in [5.41, 5.74) is 4.76. The second kappa shape index (κ2) is 12.3. The number of aliphatic carboxylic acids is 1. The Morgan fingerprint density at radius 3 is 2.44 bits per heavy atom. The van der Waals surface area contributed by atoms with Crippen LogP contribution in [0, 0.1) is 25.6 Å². The van der Waals surface area contributed by atoms with Crippen molar-refractivity contribution < 1.29 is 23.8 Å². The lowest BCUT2D eigenvalue weighted by Gasteiger charge is -2.23. The molecule has 2 N–H and O–H groups in total. The van der Waals surface area contributed by atoms with E-state index in [1.165, 1.54) is 6.07 Å². The van der Waals surface area contributed by atoms with E-state index in [1.807, 2.05) is 32.0 Å². The first-order chi connectivity index (χ1) is 17.1. The average Bonchev–Trinajstić information content (AvgIpc) is 2.82. The molecule has 0 bridgehead atoms. The van der Waals surface area contributed by atoms with Gasteiger partial charge in [0.2, 0.25) is 0 Å². The summed E-state index contributed by atoms with van der Waals surface area (Å²) in [6, 6.07) is 17.8. The van der Waals surface area contributed by atoms with Crippen molar-refractivity contribution in [3.05, 3.63) is 99.9 Å². The summed E-state index contributed by atoms with van der Waals surface area (Å²) in [5.74, 6) is -1.16. The summed E-state index contributed by atoms with van der Waals surface area (Å²) >= 11 is 0. The van der Waals surface area contributed by atoms with Crippen molar-refractivity contribution >= 4 is 11.9 Å². The largest absolute Gasteiger partial charge is 0.486 e. The Kier molecular flexibility index (Phi) is 9.23. The zero-order valence-corrected chi connectivity index (χ0v) is 21.3. The maximum Gasteiger partial charge on any atom is 0.303 e. The van der Waals surface area contributed by atoms with Gasteiger partial charge in [-0.05, 0) is 73.1 Å². The van der Waals surface area contributed by atoms with E-state index in [0.717, 1.165) is 23.1 Å². The summed E-state index contributed by atoms with van der Waals surface area (Å²) in [5, 5.41) is 12.3. The van der Waals surface area contributed by atoms with Crippen molar-refractivity contribution in [2.45, 2.75) is 59.6 Å². The lowest BCUT2D eigenvalue weighted by molar-refractivity contribution is -0.136. The normalized spacial score (nSPS) is 11.8. The molecule has 0 fully saturated rings. The van der Waals surface area contributed by atoms with Crippen LogP contribution in [0.1, 0.15) is 70.9 Å². The lowest BCUT2D eigenvalue weighted by Crippen LogP contribution is -2.30. The van der Waals surface area contributed by atoms with E-state index in [4.69, 9.17) is 4.74 Å². The molecule has 1 amide bonds. The summed E-state index contributed by atoms with van der Waals surface area (Å²) in [6.07, 6.45) is 0.901. The number of carboxylic acid groups (broad SMARTS) is 1. The van der Waals surface area contributed by atoms with E-state index >= 15 is 0 Å². The molecule has 5 nitrogen and oxygen atoms in total. The highest BCUT2D eigenvalue weighted by Gasteiger charge is 2.20. The van der Waals surface area contributed by atoms with Gasteiger partial charge in [-0.1, -0.05) is 61.9 Å². The number of amides is 1. The first kappa shape index (κ1) is 26.9. The summed E-state index contributed by atoms with van der Waals surface area (Å²) in [4.78, 5) is 24.7. The molecule has 0 aliphatic heterocycles. The highest BCUT2D eigenvalue weighted by molar-refractivity contribution is 5.96. The van der Waals surface area contributed by atoms with Gasteiger partial charge in [-0.25, -0.2) is 4.39 Å². The summed E-state index contributed by atoms with van der Waals surface area (Å²) in [6.45, 7) is 8.16. The fraction of sp³-hybridized carbons (Fsp3) is 0.333. The van der Waals surface area contributed by atoms with Gasteiger partial charge in [0, 0.05) is 12.0 Å². The van der Waals surface area contributed by atoms with Gasteiger partial charge in [0.25, 0.3) is 5.91 Å². The standard InChI is InChI=1S/C30H34FNO4/c1-19(2)14-27(24-7-5-6-20(3)15-24)32-30(35)25-17-22(9-10-23(25)11-13-29(33)34)18-36-28-16-21(4)8-12-26(28)31/h5-10,12,15-17,19,27H,11,13-14,18H2,1-4H3,(H,32,35)(H,33,34)/t27-/m1/s1. The van der Waals surface area contributed by atoms with Crippen molar-refractivity contribution in [2.75, 3.05) is 0 Å². The number of carbonyl (C=O) groups excluding carboxylic acids is 1. The number of ether oxygens (including phenoxy) is 1. The first-order valence-corrected chi connectivity index (χ1v) is 12.2. The molecule has 0 saturated heterocycles. The second-order valence-corrected chi connectivity index (χ2v) is 9.68. The van der Waals surface area contributed by atoms with Crippen molar-refractivity contribution in [3.63, 3.8) is 0 Å². The third-order valence-electron chi connectivity index (χ3n) is 5.97. The molecule has 0 spiro atoms. The minimum absolute atomic E-state index is 0.0766. The van der Waals surface area contributed by atoms with Crippen LogP contribution in [0.25, 0.3) is 0 Å². The molecule has 6 heteroatoms. The number of hydrogen-bond acceptors (Lipinski definition) is 3. The molecule has 0 aromatic heterocycles. The molecule has 0 aliphatic rings. The van der Waals surface area contributed by atoms with Gasteiger partial charge >= 0.3 is 5.97 Å². The fourth-order valence-electron chi connectivity index (χ4n) is 4.14. The molecule has 190 valence electrons. The van der Waals surface area contributed by atoms with Crippen LogP contribution in [0.5, 0.6) is 5.75 Å². The van der Waals surface area contributed by atoms with Gasteiger partial charge in [0.1, 0.15) is 6.61 Å². The maximum atomic E-state index is 14.1. The van der Waals surface area contributed by atoms with Crippen LogP contribution >= 0.6 is 0 Å². The number of carbonyl (C=O) groups is 2. The van der Waals surface area contributed by atoms with Crippen LogP contribution in [-0.4, -0.2) is 17.0 Å². The fourth-order valence-corrected chi connectivity index (χ4v) is 4.14. The molecule has 3 aromatic carbocycles. The number of benzene rings is 3. The van der Waals surface area contributed by atoms with Crippen LogP contribution in [-0.2, 0) is 17.8 Å². The number of halogens is 1. The number of aryl methyl sites for hydroxylation is 3. The molecular weight excluding hydrogens is 457 g/mol. The Labute approximate surface area is 212 Å². The SMILES string of the molecule is Cc1cccc([C@@H](CC(C)C)NC(=O)c2cc(COc3cc(C)ccc3F)ccc2CCC(=O)O)c1. The van der Waals surface area contributed by atoms with Crippen LogP contribution < -0.4 is 10.1 Å². The molecule has 36 heavy (non-hydrogen) atoms. The molecule has 0 unspecified atom stereocenters. The van der Waals surface area contributed by atoms with Crippen LogP contribution in [0.15, 0.2) is 60.7 Å². The zero-order chi connectivity index (χ0) is 26.2. The minimum atomic E-state index is -0.930. The Balaban J connectivity index is 1.88. The Morgan fingerprint density at radius 2 is 1.75 bits per heavy atom. The summed E-state index contributed by atoms with van der Waals surface area (Å²) < 4.78 is 19.8. The molecular formula is C30H34FNO4. The quantitative estimate of drug-likeness (QED) is 0.319. The van der Waals surface area contributed by atoms with Crippen LogP contribution in [0.3, 0.4) is 0 Å². The highest BCUT2D eigenvalue weighted by Crippen LogP contribution is 2.25. The Bertz CT molecular complexity index is 1220. The predicted octanol–water partition coefficient (Wildman–Crippen LogP) is 6.56. The molecule has 1 atom stereocenters. The van der Waals surface area contributed by atoms with Crippen molar-refractivity contribution in [1.82, 2.24) is 5.32 Å². The van der Waals surface area contributed by atoms with Gasteiger partial charge in [0.15, 0.2) is 11.6 Å². The smallest absolute Gasteiger partial charge is 0.303 e. The van der Waals surface area contributed by atoms with Crippen LogP contribution in [0.4, 0.5) is 4.39 Å². The van der Waals surface area contributed by atoms with Gasteiger partial charge in [-0.3, -0.25) is 9.59 Å². The molecule has 3 aromatic rings. The second-order valence-electron chi connectivity index (χ2n) is 9.68. The minimum Gasteiger partial charge on any atom is -0.486 e. The number of hydrogen-bond donors (Lipinski definition) is 2. The third kappa shape index (κ3) is 7.67. The van der Waals surface area contributed by atoms with Crippen molar-refractivity contribution in [1.29, 1.82) is 0 Å².